The summed E-state index contributed by atoms with van der Waals surface area (Å²) in [6.45, 7) is 3.74. The van der Waals surface area contributed by atoms with Crippen LogP contribution >= 0.6 is 0 Å². The van der Waals surface area contributed by atoms with Crippen molar-refractivity contribution in [3.63, 3.8) is 0 Å². The fraction of sp³-hybridized carbons (Fsp3) is 0.455. The Morgan fingerprint density at radius 3 is 3.00 bits per heavy atom. The summed E-state index contributed by atoms with van der Waals surface area (Å²) in [5.41, 5.74) is 3.83. The third-order valence-electron chi connectivity index (χ3n) is 6.46. The molecule has 0 radical (unpaired) electrons. The zero-order chi connectivity index (χ0) is 18.4. The first kappa shape index (κ1) is 16.6. The maximum absolute atomic E-state index is 13.0. The van der Waals surface area contributed by atoms with Gasteiger partial charge in [-0.15, -0.1) is 0 Å². The first-order chi connectivity index (χ1) is 13.2. The first-order valence-corrected chi connectivity index (χ1v) is 10.0. The Kier molecular flexibility index (Phi) is 3.85. The van der Waals surface area contributed by atoms with Crippen LogP contribution in [0.5, 0.6) is 0 Å². The second-order valence-electron chi connectivity index (χ2n) is 8.33. The van der Waals surface area contributed by atoms with Crippen LogP contribution in [0.1, 0.15) is 48.7 Å². The molecule has 5 nitrogen and oxygen atoms in total. The number of aromatic amines is 1. The van der Waals surface area contributed by atoms with Crippen LogP contribution in [0, 0.1) is 12.3 Å². The Balaban J connectivity index is 1.31. The van der Waals surface area contributed by atoms with Crippen molar-refractivity contribution in [1.82, 2.24) is 19.9 Å². The largest absolute Gasteiger partial charge is 0.357 e. The fourth-order valence-electron chi connectivity index (χ4n) is 4.57. The van der Waals surface area contributed by atoms with Gasteiger partial charge >= 0.3 is 0 Å². The van der Waals surface area contributed by atoms with E-state index >= 15 is 0 Å². The molecule has 0 spiro atoms. The number of carbonyl (C=O) groups is 1. The van der Waals surface area contributed by atoms with Crippen molar-refractivity contribution in [2.24, 2.45) is 5.41 Å². The Labute approximate surface area is 159 Å². The van der Waals surface area contributed by atoms with Gasteiger partial charge < -0.3 is 14.9 Å². The summed E-state index contributed by atoms with van der Waals surface area (Å²) in [6, 6.07) is 8.40. The zero-order valence-electron chi connectivity index (χ0n) is 15.8. The number of imidazole rings is 1. The van der Waals surface area contributed by atoms with E-state index < -0.39 is 0 Å². The number of hydrogen-bond donors (Lipinski definition) is 2. The summed E-state index contributed by atoms with van der Waals surface area (Å²) in [5, 5.41) is 4.56. The molecule has 27 heavy (non-hydrogen) atoms. The van der Waals surface area contributed by atoms with Crippen molar-refractivity contribution in [2.75, 3.05) is 6.54 Å². The lowest BCUT2D eigenvalue weighted by Crippen LogP contribution is -2.36. The molecule has 2 aliphatic carbocycles. The molecular formula is C22H26N4O. The Bertz CT molecular complexity index is 995. The number of amides is 1. The minimum Gasteiger partial charge on any atom is -0.357 e. The van der Waals surface area contributed by atoms with E-state index in [0.717, 1.165) is 49.4 Å². The Morgan fingerprint density at radius 1 is 1.37 bits per heavy atom. The average Bonchev–Trinajstić information content (AvgIpc) is 3.17. The number of hydrogen-bond acceptors (Lipinski definition) is 2. The van der Waals surface area contributed by atoms with E-state index in [9.17, 15) is 4.79 Å². The van der Waals surface area contributed by atoms with Gasteiger partial charge in [-0.2, -0.15) is 0 Å². The third-order valence-corrected chi connectivity index (χ3v) is 6.46. The van der Waals surface area contributed by atoms with Gasteiger partial charge in [0, 0.05) is 47.5 Å². The number of carbonyl (C=O) groups excluding carboxylic acids is 1. The van der Waals surface area contributed by atoms with Crippen molar-refractivity contribution >= 4 is 16.8 Å². The lowest BCUT2D eigenvalue weighted by Gasteiger charge is -2.24. The molecule has 2 aromatic heterocycles. The van der Waals surface area contributed by atoms with Gasteiger partial charge in [0.15, 0.2) is 0 Å². The molecule has 3 aromatic rings. The van der Waals surface area contributed by atoms with Crippen LogP contribution in [-0.2, 0) is 17.8 Å². The number of nitrogens with one attached hydrogen (secondary N) is 2. The zero-order valence-corrected chi connectivity index (χ0v) is 15.8. The van der Waals surface area contributed by atoms with E-state index in [4.69, 9.17) is 0 Å². The maximum Gasteiger partial charge on any atom is 0.229 e. The quantitative estimate of drug-likeness (QED) is 0.727. The molecule has 1 atom stereocenters. The van der Waals surface area contributed by atoms with Crippen LogP contribution in [-0.4, -0.2) is 27.0 Å². The Hall–Kier alpha value is -2.56. The maximum atomic E-state index is 13.0. The number of para-hydroxylation sites is 1. The molecule has 1 unspecified atom stereocenters. The van der Waals surface area contributed by atoms with Crippen LogP contribution in [0.15, 0.2) is 36.7 Å². The highest BCUT2D eigenvalue weighted by molar-refractivity contribution is 5.90. The van der Waals surface area contributed by atoms with E-state index in [0.29, 0.717) is 0 Å². The molecule has 2 N–H and O–H groups in total. The van der Waals surface area contributed by atoms with Crippen LogP contribution in [0.25, 0.3) is 10.9 Å². The number of nitrogens with zero attached hydrogens (tertiary/aromatic N) is 2. The highest BCUT2D eigenvalue weighted by Crippen LogP contribution is 2.47. The van der Waals surface area contributed by atoms with E-state index in [1.54, 1.807) is 0 Å². The summed E-state index contributed by atoms with van der Waals surface area (Å²) in [4.78, 5) is 20.9. The standard InChI is InChI=1S/C22H26N4O/c1-15-23-11-12-26(15)14-22(9-10-22)13-24-21(27)18-7-4-6-17-16-5-2-3-8-19(16)25-20(17)18/h2-3,5,8,11-12,18,25H,4,6-7,9-10,13-14H2,1H3,(H,24,27). The van der Waals surface area contributed by atoms with Crippen molar-refractivity contribution in [3.05, 3.63) is 53.7 Å². The Morgan fingerprint density at radius 2 is 2.22 bits per heavy atom. The molecule has 2 heterocycles. The minimum atomic E-state index is -0.0491. The molecule has 1 amide bonds. The SMILES string of the molecule is Cc1nccn1CC1(CNC(=O)C2CCCc3c2[nH]c2ccccc32)CC1. The highest BCUT2D eigenvalue weighted by Gasteiger charge is 2.43. The van der Waals surface area contributed by atoms with Gasteiger partial charge in [0.1, 0.15) is 5.82 Å². The molecule has 5 heteroatoms. The summed E-state index contributed by atoms with van der Waals surface area (Å²) in [6.07, 6.45) is 9.30. The smallest absolute Gasteiger partial charge is 0.229 e. The molecule has 0 aliphatic heterocycles. The van der Waals surface area contributed by atoms with Gasteiger partial charge in [-0.1, -0.05) is 18.2 Å². The molecule has 5 rings (SSSR count). The second kappa shape index (κ2) is 6.25. The van der Waals surface area contributed by atoms with Crippen LogP contribution < -0.4 is 5.32 Å². The summed E-state index contributed by atoms with van der Waals surface area (Å²) >= 11 is 0. The van der Waals surface area contributed by atoms with Crippen molar-refractivity contribution in [1.29, 1.82) is 0 Å². The monoisotopic (exact) mass is 362 g/mol. The fourth-order valence-corrected chi connectivity index (χ4v) is 4.57. The number of benzene rings is 1. The summed E-state index contributed by atoms with van der Waals surface area (Å²) < 4.78 is 2.20. The number of fused-ring (bicyclic) bond motifs is 3. The van der Waals surface area contributed by atoms with Crippen LogP contribution in [0.4, 0.5) is 0 Å². The van der Waals surface area contributed by atoms with Gasteiger partial charge in [0.2, 0.25) is 5.91 Å². The normalized spacial score (nSPS) is 20.4. The topological polar surface area (TPSA) is 62.7 Å². The molecule has 1 fully saturated rings. The third kappa shape index (κ3) is 2.95. The van der Waals surface area contributed by atoms with E-state index in [1.165, 1.54) is 23.8 Å². The van der Waals surface area contributed by atoms with Crippen molar-refractivity contribution < 1.29 is 4.79 Å². The lowest BCUT2D eigenvalue weighted by atomic mass is 9.86. The molecule has 1 saturated carbocycles. The van der Waals surface area contributed by atoms with Crippen LogP contribution in [0.3, 0.4) is 0 Å². The second-order valence-corrected chi connectivity index (χ2v) is 8.33. The number of rotatable bonds is 5. The highest BCUT2D eigenvalue weighted by atomic mass is 16.1. The molecule has 2 aliphatic rings. The van der Waals surface area contributed by atoms with Gasteiger partial charge in [-0.3, -0.25) is 4.79 Å². The number of aromatic nitrogens is 3. The number of aryl methyl sites for hydroxylation is 2. The first-order valence-electron chi connectivity index (χ1n) is 10.0. The number of H-pyrrole nitrogens is 1. The molecule has 140 valence electrons. The predicted octanol–water partition coefficient (Wildman–Crippen LogP) is 3.69. The molecule has 1 aromatic carbocycles. The average molecular weight is 362 g/mol. The van der Waals surface area contributed by atoms with Gasteiger partial charge in [0.05, 0.1) is 5.92 Å². The van der Waals surface area contributed by atoms with Crippen molar-refractivity contribution in [2.45, 2.75) is 51.5 Å². The molecule has 0 saturated heterocycles. The lowest BCUT2D eigenvalue weighted by molar-refractivity contribution is -0.123. The van der Waals surface area contributed by atoms with Gasteiger partial charge in [-0.05, 0) is 50.7 Å². The van der Waals surface area contributed by atoms with Gasteiger partial charge in [-0.25, -0.2) is 4.98 Å². The van der Waals surface area contributed by atoms with E-state index in [2.05, 4.69) is 38.1 Å². The molecular weight excluding hydrogens is 336 g/mol. The predicted molar refractivity (Wildman–Crippen MR) is 106 cm³/mol. The van der Waals surface area contributed by atoms with E-state index in [1.807, 2.05) is 25.4 Å². The molecule has 0 bridgehead atoms. The summed E-state index contributed by atoms with van der Waals surface area (Å²) in [7, 11) is 0. The minimum absolute atomic E-state index is 0.0491. The van der Waals surface area contributed by atoms with E-state index in [-0.39, 0.29) is 17.2 Å². The van der Waals surface area contributed by atoms with Crippen LogP contribution in [0.2, 0.25) is 0 Å². The van der Waals surface area contributed by atoms with Gasteiger partial charge in [0.25, 0.3) is 0 Å². The van der Waals surface area contributed by atoms with Crippen molar-refractivity contribution in [3.8, 4) is 0 Å². The summed E-state index contributed by atoms with van der Waals surface area (Å²) in [5.74, 6) is 1.17.